The SMILES string of the molecule is Cc1c(F)cc(Cl)c(N)c1S. The summed E-state index contributed by atoms with van der Waals surface area (Å²) in [7, 11) is 0. The fourth-order valence-corrected chi connectivity index (χ4v) is 1.21. The lowest BCUT2D eigenvalue weighted by Crippen LogP contribution is -1.93. The average molecular weight is 192 g/mol. The van der Waals surface area contributed by atoms with Gasteiger partial charge in [-0.25, -0.2) is 4.39 Å². The van der Waals surface area contributed by atoms with E-state index in [-0.39, 0.29) is 10.8 Å². The predicted molar refractivity (Wildman–Crippen MR) is 47.8 cm³/mol. The number of rotatable bonds is 0. The molecule has 0 aromatic heterocycles. The number of hydrogen-bond acceptors (Lipinski definition) is 2. The summed E-state index contributed by atoms with van der Waals surface area (Å²) >= 11 is 9.58. The van der Waals surface area contributed by atoms with Crippen molar-refractivity contribution in [2.24, 2.45) is 0 Å². The van der Waals surface area contributed by atoms with E-state index in [0.717, 1.165) is 0 Å². The summed E-state index contributed by atoms with van der Waals surface area (Å²) in [4.78, 5) is 0.412. The van der Waals surface area contributed by atoms with Crippen molar-refractivity contribution in [1.82, 2.24) is 0 Å². The Morgan fingerprint density at radius 1 is 1.64 bits per heavy atom. The average Bonchev–Trinajstić information content (AvgIpc) is 1.97. The molecule has 2 N–H and O–H groups in total. The number of anilines is 1. The van der Waals surface area contributed by atoms with Gasteiger partial charge in [0.05, 0.1) is 10.7 Å². The van der Waals surface area contributed by atoms with Crippen LogP contribution in [0.1, 0.15) is 5.56 Å². The van der Waals surface area contributed by atoms with Crippen LogP contribution < -0.4 is 5.73 Å². The van der Waals surface area contributed by atoms with Gasteiger partial charge in [0.25, 0.3) is 0 Å². The summed E-state index contributed by atoms with van der Waals surface area (Å²) in [5.74, 6) is -0.380. The molecule has 0 bridgehead atoms. The van der Waals surface area contributed by atoms with Gasteiger partial charge < -0.3 is 5.73 Å². The smallest absolute Gasteiger partial charge is 0.128 e. The van der Waals surface area contributed by atoms with E-state index < -0.39 is 0 Å². The van der Waals surface area contributed by atoms with Crippen LogP contribution in [0.2, 0.25) is 5.02 Å². The van der Waals surface area contributed by atoms with Crippen LogP contribution in [-0.2, 0) is 0 Å². The minimum absolute atomic E-state index is 0.207. The maximum atomic E-state index is 12.8. The minimum Gasteiger partial charge on any atom is -0.397 e. The molecule has 1 nitrogen and oxygen atoms in total. The molecule has 11 heavy (non-hydrogen) atoms. The molecule has 0 radical (unpaired) electrons. The van der Waals surface area contributed by atoms with Crippen molar-refractivity contribution in [2.75, 3.05) is 5.73 Å². The summed E-state index contributed by atoms with van der Waals surface area (Å²) in [6.45, 7) is 1.60. The van der Waals surface area contributed by atoms with Gasteiger partial charge in [0.2, 0.25) is 0 Å². The van der Waals surface area contributed by atoms with Crippen LogP contribution in [0.4, 0.5) is 10.1 Å². The van der Waals surface area contributed by atoms with Gasteiger partial charge in [-0.3, -0.25) is 0 Å². The zero-order chi connectivity index (χ0) is 8.59. The normalized spacial score (nSPS) is 10.2. The summed E-state index contributed by atoms with van der Waals surface area (Å²) in [6.07, 6.45) is 0. The zero-order valence-corrected chi connectivity index (χ0v) is 7.51. The molecule has 1 aromatic carbocycles. The summed E-state index contributed by atoms with van der Waals surface area (Å²) < 4.78 is 12.8. The third-order valence-electron chi connectivity index (χ3n) is 1.48. The van der Waals surface area contributed by atoms with E-state index in [9.17, 15) is 4.39 Å². The van der Waals surface area contributed by atoms with Gasteiger partial charge in [-0.1, -0.05) is 11.6 Å². The third kappa shape index (κ3) is 1.44. The van der Waals surface area contributed by atoms with Crippen LogP contribution >= 0.6 is 24.2 Å². The molecule has 0 spiro atoms. The Balaban J connectivity index is 3.46. The van der Waals surface area contributed by atoms with Crippen LogP contribution in [0.15, 0.2) is 11.0 Å². The van der Waals surface area contributed by atoms with E-state index in [2.05, 4.69) is 12.6 Å². The Morgan fingerprint density at radius 3 is 2.73 bits per heavy atom. The number of thiol groups is 1. The van der Waals surface area contributed by atoms with Crippen LogP contribution in [-0.4, -0.2) is 0 Å². The van der Waals surface area contributed by atoms with E-state index in [1.165, 1.54) is 6.07 Å². The molecule has 0 aliphatic rings. The first-order valence-corrected chi connectivity index (χ1v) is 3.79. The molecule has 1 rings (SSSR count). The number of nitrogens with two attached hydrogens (primary N) is 1. The Morgan fingerprint density at radius 2 is 2.18 bits per heavy atom. The van der Waals surface area contributed by atoms with E-state index in [0.29, 0.717) is 16.1 Å². The first-order chi connectivity index (χ1) is 5.04. The molecular formula is C7H7ClFNS. The van der Waals surface area contributed by atoms with E-state index >= 15 is 0 Å². The Hall–Kier alpha value is -0.410. The molecule has 1 aromatic rings. The predicted octanol–water partition coefficient (Wildman–Crippen LogP) is 2.66. The monoisotopic (exact) mass is 191 g/mol. The molecule has 4 heteroatoms. The first-order valence-electron chi connectivity index (χ1n) is 2.97. The van der Waals surface area contributed by atoms with E-state index in [1.807, 2.05) is 0 Å². The maximum absolute atomic E-state index is 12.8. The summed E-state index contributed by atoms with van der Waals surface area (Å²) in [5, 5.41) is 0.207. The molecule has 0 fully saturated rings. The van der Waals surface area contributed by atoms with Gasteiger partial charge in [0.1, 0.15) is 5.82 Å². The first kappa shape index (κ1) is 8.68. The third-order valence-corrected chi connectivity index (χ3v) is 2.37. The van der Waals surface area contributed by atoms with Crippen LogP contribution in [0, 0.1) is 12.7 Å². The van der Waals surface area contributed by atoms with Crippen molar-refractivity contribution >= 4 is 29.9 Å². The highest BCUT2D eigenvalue weighted by Gasteiger charge is 2.08. The largest absolute Gasteiger partial charge is 0.397 e. The molecule has 0 atom stereocenters. The van der Waals surface area contributed by atoms with Crippen molar-refractivity contribution in [1.29, 1.82) is 0 Å². The van der Waals surface area contributed by atoms with Gasteiger partial charge in [0, 0.05) is 10.5 Å². The number of hydrogen-bond donors (Lipinski definition) is 2. The van der Waals surface area contributed by atoms with E-state index in [1.54, 1.807) is 6.92 Å². The molecule has 0 heterocycles. The van der Waals surface area contributed by atoms with Crippen molar-refractivity contribution in [3.05, 3.63) is 22.5 Å². The lowest BCUT2D eigenvalue weighted by molar-refractivity contribution is 0.614. The quantitative estimate of drug-likeness (QED) is 0.479. The fraction of sp³-hybridized carbons (Fsp3) is 0.143. The Labute approximate surface area is 74.8 Å². The molecular weight excluding hydrogens is 185 g/mol. The highest BCUT2D eigenvalue weighted by atomic mass is 35.5. The highest BCUT2D eigenvalue weighted by Crippen LogP contribution is 2.30. The topological polar surface area (TPSA) is 26.0 Å². The zero-order valence-electron chi connectivity index (χ0n) is 5.86. The molecule has 0 aliphatic heterocycles. The molecule has 60 valence electrons. The van der Waals surface area contributed by atoms with Crippen molar-refractivity contribution in [3.63, 3.8) is 0 Å². The van der Waals surface area contributed by atoms with E-state index in [4.69, 9.17) is 17.3 Å². The number of benzene rings is 1. The van der Waals surface area contributed by atoms with Crippen molar-refractivity contribution < 1.29 is 4.39 Å². The second-order valence-electron chi connectivity index (χ2n) is 2.23. The Bertz CT molecular complexity index is 275. The molecule has 0 unspecified atom stereocenters. The fourth-order valence-electron chi connectivity index (χ4n) is 0.725. The molecule has 0 aliphatic carbocycles. The maximum Gasteiger partial charge on any atom is 0.128 e. The van der Waals surface area contributed by atoms with Crippen LogP contribution in [0.25, 0.3) is 0 Å². The number of nitrogen functional groups attached to an aromatic ring is 1. The molecule has 0 amide bonds. The molecule has 0 saturated carbocycles. The second kappa shape index (κ2) is 2.91. The molecule has 0 saturated heterocycles. The standard InChI is InChI=1S/C7H7ClFNS/c1-3-5(9)2-4(8)6(10)7(3)11/h2,11H,10H2,1H3. The second-order valence-corrected chi connectivity index (χ2v) is 3.08. The van der Waals surface area contributed by atoms with Gasteiger partial charge in [-0.05, 0) is 13.0 Å². The summed E-state index contributed by atoms with van der Waals surface area (Å²) in [5.41, 5.74) is 6.23. The number of halogens is 2. The Kier molecular flexibility index (Phi) is 2.30. The van der Waals surface area contributed by atoms with Crippen LogP contribution in [0.3, 0.4) is 0 Å². The van der Waals surface area contributed by atoms with Gasteiger partial charge in [0.15, 0.2) is 0 Å². The highest BCUT2D eigenvalue weighted by molar-refractivity contribution is 7.80. The van der Waals surface area contributed by atoms with Gasteiger partial charge in [-0.2, -0.15) is 0 Å². The van der Waals surface area contributed by atoms with Gasteiger partial charge >= 0.3 is 0 Å². The lowest BCUT2D eigenvalue weighted by atomic mass is 10.2. The van der Waals surface area contributed by atoms with Crippen molar-refractivity contribution in [3.8, 4) is 0 Å². The summed E-state index contributed by atoms with van der Waals surface area (Å²) in [6, 6.07) is 1.19. The minimum atomic E-state index is -0.380. The lowest BCUT2D eigenvalue weighted by Gasteiger charge is -2.05. The van der Waals surface area contributed by atoms with Gasteiger partial charge in [-0.15, -0.1) is 12.6 Å². The van der Waals surface area contributed by atoms with Crippen LogP contribution in [0.5, 0.6) is 0 Å². The van der Waals surface area contributed by atoms with Crippen molar-refractivity contribution in [2.45, 2.75) is 11.8 Å².